The lowest BCUT2D eigenvalue weighted by Gasteiger charge is -2.35. The molecule has 0 N–H and O–H groups in total. The number of ether oxygens (including phenoxy) is 1. The summed E-state index contributed by atoms with van der Waals surface area (Å²) in [7, 11) is 1.67. The highest BCUT2D eigenvalue weighted by Gasteiger charge is 2.38. The van der Waals surface area contributed by atoms with Crippen molar-refractivity contribution in [3.63, 3.8) is 0 Å². The minimum absolute atomic E-state index is 0.0597. The van der Waals surface area contributed by atoms with Crippen LogP contribution in [0.4, 0.5) is 0 Å². The summed E-state index contributed by atoms with van der Waals surface area (Å²) in [6.07, 6.45) is 5.77. The number of carbonyl (C=O) groups excluding carboxylic acids is 2. The standard InChI is InChI=1S/C21H28N2O3/c1-26-18-5-2-4-17(14-18)19-6-3-11-23(19)21(25)16-9-12-22(13-10-16)20(24)15-7-8-15/h2,4-5,14-16,19H,3,6-13H2,1H3. The number of hydrogen-bond donors (Lipinski definition) is 0. The maximum atomic E-state index is 13.2. The Bertz CT molecular complexity index is 678. The van der Waals surface area contributed by atoms with Crippen LogP contribution in [0.1, 0.15) is 50.1 Å². The maximum Gasteiger partial charge on any atom is 0.226 e. The van der Waals surface area contributed by atoms with Crippen LogP contribution in [-0.2, 0) is 9.59 Å². The Balaban J connectivity index is 1.40. The molecule has 4 rings (SSSR count). The van der Waals surface area contributed by atoms with E-state index in [1.807, 2.05) is 23.1 Å². The molecular weight excluding hydrogens is 328 g/mol. The van der Waals surface area contributed by atoms with Gasteiger partial charge in [-0.15, -0.1) is 0 Å². The van der Waals surface area contributed by atoms with Crippen molar-refractivity contribution in [2.24, 2.45) is 11.8 Å². The molecule has 2 amide bonds. The van der Waals surface area contributed by atoms with Gasteiger partial charge < -0.3 is 14.5 Å². The van der Waals surface area contributed by atoms with Crippen LogP contribution in [0, 0.1) is 11.8 Å². The number of carbonyl (C=O) groups is 2. The molecule has 1 aromatic carbocycles. The third-order valence-corrected chi connectivity index (χ3v) is 6.10. The van der Waals surface area contributed by atoms with Gasteiger partial charge in [0.05, 0.1) is 13.2 Å². The fourth-order valence-electron chi connectivity index (χ4n) is 4.40. The Hall–Kier alpha value is -2.04. The molecule has 1 aliphatic carbocycles. The molecule has 1 unspecified atom stereocenters. The molecule has 0 bridgehead atoms. The molecule has 0 spiro atoms. The molecule has 1 saturated carbocycles. The van der Waals surface area contributed by atoms with Crippen molar-refractivity contribution in [3.8, 4) is 5.75 Å². The molecule has 1 atom stereocenters. The first-order valence-electron chi connectivity index (χ1n) is 9.90. The van der Waals surface area contributed by atoms with E-state index in [0.717, 1.165) is 69.5 Å². The summed E-state index contributed by atoms with van der Waals surface area (Å²) in [6, 6.07) is 8.24. The van der Waals surface area contributed by atoms with E-state index < -0.39 is 0 Å². The largest absolute Gasteiger partial charge is 0.497 e. The lowest BCUT2D eigenvalue weighted by Crippen LogP contribution is -2.44. The second-order valence-electron chi connectivity index (χ2n) is 7.84. The van der Waals surface area contributed by atoms with Crippen LogP contribution >= 0.6 is 0 Å². The number of nitrogens with zero attached hydrogens (tertiary/aromatic N) is 2. The van der Waals surface area contributed by atoms with E-state index in [0.29, 0.717) is 5.91 Å². The van der Waals surface area contributed by atoms with Gasteiger partial charge in [0.2, 0.25) is 11.8 Å². The van der Waals surface area contributed by atoms with Gasteiger partial charge in [0.25, 0.3) is 0 Å². The Morgan fingerprint density at radius 3 is 2.38 bits per heavy atom. The fraction of sp³-hybridized carbons (Fsp3) is 0.619. The van der Waals surface area contributed by atoms with Crippen molar-refractivity contribution in [2.75, 3.05) is 26.7 Å². The Morgan fingerprint density at radius 1 is 0.962 bits per heavy atom. The van der Waals surface area contributed by atoms with Crippen molar-refractivity contribution < 1.29 is 14.3 Å². The summed E-state index contributed by atoms with van der Waals surface area (Å²) in [5.74, 6) is 1.76. The molecule has 2 heterocycles. The normalized spacial score (nSPS) is 24.0. The van der Waals surface area contributed by atoms with Gasteiger partial charge in [-0.25, -0.2) is 0 Å². The third-order valence-electron chi connectivity index (χ3n) is 6.10. The van der Waals surface area contributed by atoms with E-state index in [9.17, 15) is 9.59 Å². The Morgan fingerprint density at radius 2 is 1.69 bits per heavy atom. The summed E-state index contributed by atoms with van der Waals surface area (Å²) in [4.78, 5) is 29.4. The zero-order valence-corrected chi connectivity index (χ0v) is 15.5. The van der Waals surface area contributed by atoms with Crippen molar-refractivity contribution in [3.05, 3.63) is 29.8 Å². The van der Waals surface area contributed by atoms with Gasteiger partial charge in [-0.1, -0.05) is 12.1 Å². The first-order valence-corrected chi connectivity index (χ1v) is 9.90. The van der Waals surface area contributed by atoms with E-state index >= 15 is 0 Å². The smallest absolute Gasteiger partial charge is 0.226 e. The minimum atomic E-state index is 0.0597. The van der Waals surface area contributed by atoms with Crippen molar-refractivity contribution in [1.29, 1.82) is 0 Å². The van der Waals surface area contributed by atoms with E-state index in [4.69, 9.17) is 4.74 Å². The van der Waals surface area contributed by atoms with Crippen LogP contribution in [0.25, 0.3) is 0 Å². The number of likely N-dealkylation sites (tertiary alicyclic amines) is 2. The molecule has 3 aliphatic rings. The second kappa shape index (κ2) is 7.29. The van der Waals surface area contributed by atoms with E-state index in [-0.39, 0.29) is 23.8 Å². The average Bonchev–Trinajstić information content (AvgIpc) is 3.43. The number of hydrogen-bond acceptors (Lipinski definition) is 3. The van der Waals surface area contributed by atoms with E-state index in [1.54, 1.807) is 7.11 Å². The predicted molar refractivity (Wildman–Crippen MR) is 98.7 cm³/mol. The summed E-state index contributed by atoms with van der Waals surface area (Å²) in [5.41, 5.74) is 1.16. The second-order valence-corrected chi connectivity index (χ2v) is 7.84. The fourth-order valence-corrected chi connectivity index (χ4v) is 4.40. The third kappa shape index (κ3) is 3.44. The molecule has 0 radical (unpaired) electrons. The van der Waals surface area contributed by atoms with Crippen LogP contribution < -0.4 is 4.74 Å². The van der Waals surface area contributed by atoms with E-state index in [2.05, 4.69) is 11.0 Å². The number of piperidine rings is 1. The van der Waals surface area contributed by atoms with Crippen molar-refractivity contribution in [1.82, 2.24) is 9.80 Å². The molecular formula is C21H28N2O3. The highest BCUT2D eigenvalue weighted by molar-refractivity contribution is 5.82. The van der Waals surface area contributed by atoms with E-state index in [1.165, 1.54) is 0 Å². The molecule has 3 fully saturated rings. The van der Waals surface area contributed by atoms with Gasteiger partial charge >= 0.3 is 0 Å². The lowest BCUT2D eigenvalue weighted by atomic mass is 9.94. The van der Waals surface area contributed by atoms with Gasteiger partial charge in [-0.2, -0.15) is 0 Å². The average molecular weight is 356 g/mol. The molecule has 26 heavy (non-hydrogen) atoms. The quantitative estimate of drug-likeness (QED) is 0.833. The number of methoxy groups -OCH3 is 1. The Kier molecular flexibility index (Phi) is 4.88. The Labute approximate surface area is 155 Å². The lowest BCUT2D eigenvalue weighted by molar-refractivity contribution is -0.142. The highest BCUT2D eigenvalue weighted by Crippen LogP contribution is 2.36. The summed E-state index contributed by atoms with van der Waals surface area (Å²) in [5, 5.41) is 0. The molecule has 5 heteroatoms. The zero-order chi connectivity index (χ0) is 18.1. The molecule has 0 aromatic heterocycles. The van der Waals surface area contributed by atoms with Crippen LogP contribution in [0.2, 0.25) is 0 Å². The maximum absolute atomic E-state index is 13.2. The SMILES string of the molecule is COc1cccc(C2CCCN2C(=O)C2CCN(C(=O)C3CC3)CC2)c1. The summed E-state index contributed by atoms with van der Waals surface area (Å²) >= 11 is 0. The number of benzene rings is 1. The molecule has 5 nitrogen and oxygen atoms in total. The van der Waals surface area contributed by atoms with Crippen LogP contribution in [0.5, 0.6) is 5.75 Å². The van der Waals surface area contributed by atoms with Crippen LogP contribution in [-0.4, -0.2) is 48.4 Å². The summed E-state index contributed by atoms with van der Waals surface area (Å²) < 4.78 is 5.34. The number of amides is 2. The van der Waals surface area contributed by atoms with Gasteiger partial charge in [0, 0.05) is 31.5 Å². The van der Waals surface area contributed by atoms with Gasteiger partial charge in [0.1, 0.15) is 5.75 Å². The first-order chi connectivity index (χ1) is 12.7. The van der Waals surface area contributed by atoms with Gasteiger partial charge in [-0.3, -0.25) is 9.59 Å². The molecule has 1 aromatic rings. The summed E-state index contributed by atoms with van der Waals surface area (Å²) in [6.45, 7) is 2.31. The van der Waals surface area contributed by atoms with Crippen LogP contribution in [0.15, 0.2) is 24.3 Å². The first kappa shape index (κ1) is 17.4. The van der Waals surface area contributed by atoms with Gasteiger partial charge in [-0.05, 0) is 56.2 Å². The molecule has 2 saturated heterocycles. The van der Waals surface area contributed by atoms with Gasteiger partial charge in [0.15, 0.2) is 0 Å². The van der Waals surface area contributed by atoms with Crippen molar-refractivity contribution in [2.45, 2.75) is 44.6 Å². The highest BCUT2D eigenvalue weighted by atomic mass is 16.5. The zero-order valence-electron chi connectivity index (χ0n) is 15.5. The number of rotatable bonds is 4. The predicted octanol–water partition coefficient (Wildman–Crippen LogP) is 3.01. The molecule has 140 valence electrons. The molecule has 2 aliphatic heterocycles. The topological polar surface area (TPSA) is 49.9 Å². The minimum Gasteiger partial charge on any atom is -0.497 e. The van der Waals surface area contributed by atoms with Crippen LogP contribution in [0.3, 0.4) is 0 Å². The van der Waals surface area contributed by atoms with Crippen molar-refractivity contribution >= 4 is 11.8 Å². The monoisotopic (exact) mass is 356 g/mol.